The third-order valence-corrected chi connectivity index (χ3v) is 6.43. The van der Waals surface area contributed by atoms with Crippen molar-refractivity contribution in [3.63, 3.8) is 0 Å². The average Bonchev–Trinajstić information content (AvgIpc) is 3.14. The summed E-state index contributed by atoms with van der Waals surface area (Å²) in [6.07, 6.45) is 2.32. The van der Waals surface area contributed by atoms with Gasteiger partial charge in [0.2, 0.25) is 0 Å². The number of hydrogen-bond acceptors (Lipinski definition) is 5. The molecule has 2 aromatic carbocycles. The van der Waals surface area contributed by atoms with Crippen LogP contribution in [0.1, 0.15) is 45.4 Å². The molecule has 0 atom stereocenters. The number of ether oxygens (including phenoxy) is 1. The van der Waals surface area contributed by atoms with Crippen LogP contribution in [-0.2, 0) is 20.7 Å². The van der Waals surface area contributed by atoms with Crippen molar-refractivity contribution in [2.45, 2.75) is 34.1 Å². The molecule has 8 heteroatoms. The molecule has 2 heterocycles. The van der Waals surface area contributed by atoms with E-state index in [1.807, 2.05) is 56.5 Å². The number of anilines is 1. The summed E-state index contributed by atoms with van der Waals surface area (Å²) in [5.74, 6) is -1.87. The van der Waals surface area contributed by atoms with Gasteiger partial charge in [0, 0.05) is 17.1 Å². The number of barbiturate groups is 1. The Balaban J connectivity index is 1.76. The number of aryl methyl sites for hydroxylation is 2. The highest BCUT2D eigenvalue weighted by Gasteiger charge is 2.37. The Labute approximate surface area is 209 Å². The van der Waals surface area contributed by atoms with Crippen molar-refractivity contribution >= 4 is 35.6 Å². The van der Waals surface area contributed by atoms with Gasteiger partial charge >= 0.3 is 12.0 Å². The molecule has 1 aliphatic heterocycles. The Morgan fingerprint density at radius 2 is 1.72 bits per heavy atom. The van der Waals surface area contributed by atoms with E-state index in [2.05, 4.69) is 5.32 Å². The lowest BCUT2D eigenvalue weighted by molar-refractivity contribution is -0.122. The number of aromatic nitrogens is 1. The minimum atomic E-state index is -0.785. The summed E-state index contributed by atoms with van der Waals surface area (Å²) in [5.41, 5.74) is 5.53. The summed E-state index contributed by atoms with van der Waals surface area (Å²) in [4.78, 5) is 51.7. The molecule has 0 spiro atoms. The molecule has 1 aromatic heterocycles. The molecule has 1 saturated heterocycles. The summed E-state index contributed by atoms with van der Waals surface area (Å²) < 4.78 is 6.84. The maximum absolute atomic E-state index is 13.3. The van der Waals surface area contributed by atoms with Crippen molar-refractivity contribution in [1.29, 1.82) is 0 Å². The van der Waals surface area contributed by atoms with E-state index in [-0.39, 0.29) is 5.57 Å². The van der Waals surface area contributed by atoms with E-state index >= 15 is 0 Å². The van der Waals surface area contributed by atoms with Gasteiger partial charge in [-0.1, -0.05) is 25.1 Å². The summed E-state index contributed by atoms with van der Waals surface area (Å²) >= 11 is 0. The van der Waals surface area contributed by atoms with Crippen molar-refractivity contribution < 1.29 is 23.9 Å². The molecule has 1 aliphatic rings. The average molecular weight is 486 g/mol. The quantitative estimate of drug-likeness (QED) is 0.328. The number of urea groups is 1. The zero-order chi connectivity index (χ0) is 26.1. The van der Waals surface area contributed by atoms with E-state index in [4.69, 9.17) is 4.74 Å². The molecule has 0 radical (unpaired) electrons. The maximum Gasteiger partial charge on any atom is 0.338 e. The molecule has 4 amide bonds. The van der Waals surface area contributed by atoms with Gasteiger partial charge in [0.05, 0.1) is 18.4 Å². The van der Waals surface area contributed by atoms with Gasteiger partial charge in [-0.05, 0) is 80.3 Å². The molecular formula is C28H27N3O5. The highest BCUT2D eigenvalue weighted by atomic mass is 16.5. The number of carbonyl (C=O) groups is 4. The molecule has 1 fully saturated rings. The first-order chi connectivity index (χ1) is 17.2. The molecular weight excluding hydrogens is 458 g/mol. The van der Waals surface area contributed by atoms with Crippen LogP contribution in [0.25, 0.3) is 11.8 Å². The number of imide groups is 2. The zero-order valence-electron chi connectivity index (χ0n) is 20.8. The molecule has 3 aromatic rings. The third-order valence-electron chi connectivity index (χ3n) is 6.43. The van der Waals surface area contributed by atoms with E-state index in [1.165, 1.54) is 13.2 Å². The number of rotatable bonds is 5. The topological polar surface area (TPSA) is 97.7 Å². The van der Waals surface area contributed by atoms with Crippen LogP contribution in [0.2, 0.25) is 0 Å². The first-order valence-corrected chi connectivity index (χ1v) is 11.6. The fourth-order valence-corrected chi connectivity index (χ4v) is 4.43. The lowest BCUT2D eigenvalue weighted by atomic mass is 10.1. The minimum absolute atomic E-state index is 0.144. The standard InChI is InChI=1S/C28H27N3O5/c1-6-19-10-12-21(13-11-19)31-26(33)23(25(32)29-28(31)35)15-20-14-16(2)30(18(20)4)24-9-7-8-22(17(24)3)27(34)36-5/h7-15H,6H2,1-5H3,(H,29,32,35)/b23-15-. The summed E-state index contributed by atoms with van der Waals surface area (Å²) in [6, 6.07) is 13.5. The van der Waals surface area contributed by atoms with Crippen LogP contribution in [-0.4, -0.2) is 35.5 Å². The normalized spacial score (nSPS) is 14.9. The van der Waals surface area contributed by atoms with Crippen molar-refractivity contribution in [2.75, 3.05) is 12.0 Å². The van der Waals surface area contributed by atoms with Crippen molar-refractivity contribution in [1.82, 2.24) is 9.88 Å². The van der Waals surface area contributed by atoms with Crippen molar-refractivity contribution in [3.05, 3.63) is 87.7 Å². The van der Waals surface area contributed by atoms with E-state index < -0.39 is 23.8 Å². The third kappa shape index (κ3) is 4.22. The van der Waals surface area contributed by atoms with E-state index in [0.29, 0.717) is 16.8 Å². The van der Waals surface area contributed by atoms with Gasteiger partial charge in [-0.3, -0.25) is 14.9 Å². The number of carbonyl (C=O) groups excluding carboxylic acids is 4. The van der Waals surface area contributed by atoms with Crippen LogP contribution in [0.3, 0.4) is 0 Å². The second kappa shape index (κ2) is 9.65. The second-order valence-corrected chi connectivity index (χ2v) is 8.58. The van der Waals surface area contributed by atoms with E-state index in [9.17, 15) is 19.2 Å². The number of nitrogens with one attached hydrogen (secondary N) is 1. The molecule has 184 valence electrons. The van der Waals surface area contributed by atoms with Crippen LogP contribution < -0.4 is 10.2 Å². The number of methoxy groups -OCH3 is 1. The maximum atomic E-state index is 13.3. The van der Waals surface area contributed by atoms with Gasteiger partial charge in [0.15, 0.2) is 0 Å². The van der Waals surface area contributed by atoms with Crippen molar-refractivity contribution in [3.8, 4) is 5.69 Å². The molecule has 0 bridgehead atoms. The number of hydrogen-bond donors (Lipinski definition) is 1. The van der Waals surface area contributed by atoms with Gasteiger partial charge in [-0.15, -0.1) is 0 Å². The Morgan fingerprint density at radius 3 is 2.36 bits per heavy atom. The Bertz CT molecular complexity index is 1430. The van der Waals surface area contributed by atoms with Crippen LogP contribution in [0, 0.1) is 20.8 Å². The SMILES string of the molecule is CCc1ccc(N2C(=O)NC(=O)/C(=C/c3cc(C)n(-c4cccc(C(=O)OC)c4C)c3C)C2=O)cc1. The van der Waals surface area contributed by atoms with Crippen LogP contribution >= 0.6 is 0 Å². The van der Waals surface area contributed by atoms with E-state index in [0.717, 1.165) is 39.5 Å². The van der Waals surface area contributed by atoms with Crippen molar-refractivity contribution in [2.24, 2.45) is 0 Å². The van der Waals surface area contributed by atoms with Crippen LogP contribution in [0.5, 0.6) is 0 Å². The minimum Gasteiger partial charge on any atom is -0.465 e. The monoisotopic (exact) mass is 485 g/mol. The van der Waals surface area contributed by atoms with Gasteiger partial charge < -0.3 is 9.30 Å². The molecule has 0 unspecified atom stereocenters. The highest BCUT2D eigenvalue weighted by molar-refractivity contribution is 6.39. The van der Waals surface area contributed by atoms with Crippen LogP contribution in [0.15, 0.2) is 54.1 Å². The zero-order valence-corrected chi connectivity index (χ0v) is 20.8. The molecule has 0 aliphatic carbocycles. The van der Waals surface area contributed by atoms with Gasteiger partial charge in [0.25, 0.3) is 11.8 Å². The van der Waals surface area contributed by atoms with E-state index in [1.54, 1.807) is 24.3 Å². The number of nitrogens with zero attached hydrogens (tertiary/aromatic N) is 2. The first-order valence-electron chi connectivity index (χ1n) is 11.6. The van der Waals surface area contributed by atoms with Gasteiger partial charge in [0.1, 0.15) is 5.57 Å². The molecule has 8 nitrogen and oxygen atoms in total. The van der Waals surface area contributed by atoms with Gasteiger partial charge in [-0.2, -0.15) is 0 Å². The lowest BCUT2D eigenvalue weighted by Gasteiger charge is -2.26. The summed E-state index contributed by atoms with van der Waals surface area (Å²) in [7, 11) is 1.34. The molecule has 1 N–H and O–H groups in total. The Kier molecular flexibility index (Phi) is 6.61. The first kappa shape index (κ1) is 24.7. The predicted molar refractivity (Wildman–Crippen MR) is 136 cm³/mol. The molecule has 0 saturated carbocycles. The summed E-state index contributed by atoms with van der Waals surface area (Å²) in [5, 5.41) is 2.27. The summed E-state index contributed by atoms with van der Waals surface area (Å²) in [6.45, 7) is 7.61. The smallest absolute Gasteiger partial charge is 0.338 e. The Hall–Kier alpha value is -4.46. The Morgan fingerprint density at radius 1 is 1.03 bits per heavy atom. The fourth-order valence-electron chi connectivity index (χ4n) is 4.43. The lowest BCUT2D eigenvalue weighted by Crippen LogP contribution is -2.54. The highest BCUT2D eigenvalue weighted by Crippen LogP contribution is 2.28. The largest absolute Gasteiger partial charge is 0.465 e. The predicted octanol–water partition coefficient (Wildman–Crippen LogP) is 4.42. The number of amides is 4. The van der Waals surface area contributed by atoms with Crippen LogP contribution in [0.4, 0.5) is 10.5 Å². The number of esters is 1. The fraction of sp³-hybridized carbons (Fsp3) is 0.214. The number of benzene rings is 2. The molecule has 36 heavy (non-hydrogen) atoms. The molecule has 4 rings (SSSR count). The second-order valence-electron chi connectivity index (χ2n) is 8.58. The van der Waals surface area contributed by atoms with Gasteiger partial charge in [-0.25, -0.2) is 14.5 Å².